The van der Waals surface area contributed by atoms with Crippen LogP contribution >= 0.6 is 0 Å². The Labute approximate surface area is 130 Å². The molecule has 116 valence electrons. The molecule has 2 rings (SSSR count). The summed E-state index contributed by atoms with van der Waals surface area (Å²) in [6.45, 7) is 2.61. The van der Waals surface area contributed by atoms with Crippen molar-refractivity contribution in [2.75, 3.05) is 18.5 Å². The molecule has 1 aromatic heterocycles. The summed E-state index contributed by atoms with van der Waals surface area (Å²) in [5.41, 5.74) is 0.927. The van der Waals surface area contributed by atoms with Crippen LogP contribution in [-0.4, -0.2) is 30.1 Å². The van der Waals surface area contributed by atoms with Gasteiger partial charge in [0.15, 0.2) is 0 Å². The zero-order valence-corrected chi connectivity index (χ0v) is 12.9. The summed E-state index contributed by atoms with van der Waals surface area (Å²) in [6.07, 6.45) is 1.61. The third-order valence-electron chi connectivity index (χ3n) is 3.63. The third-order valence-corrected chi connectivity index (χ3v) is 3.63. The maximum absolute atomic E-state index is 11.9. The highest BCUT2D eigenvalue weighted by molar-refractivity contribution is 5.75. The molecule has 2 aromatic rings. The van der Waals surface area contributed by atoms with Gasteiger partial charge in [-0.15, -0.1) is 0 Å². The SMILES string of the molecule is CC(CNC(=O)Cn1ccccc1=O)N(C)c1ccccc1. The first kappa shape index (κ1) is 15.8. The summed E-state index contributed by atoms with van der Waals surface area (Å²) >= 11 is 0. The van der Waals surface area contributed by atoms with Crippen LogP contribution in [-0.2, 0) is 11.3 Å². The monoisotopic (exact) mass is 299 g/mol. The van der Waals surface area contributed by atoms with E-state index < -0.39 is 0 Å². The molecule has 22 heavy (non-hydrogen) atoms. The van der Waals surface area contributed by atoms with E-state index in [0.717, 1.165) is 5.69 Å². The maximum Gasteiger partial charge on any atom is 0.250 e. The number of nitrogens with one attached hydrogen (secondary N) is 1. The Morgan fingerprint density at radius 1 is 1.18 bits per heavy atom. The molecule has 0 radical (unpaired) electrons. The first-order valence-electron chi connectivity index (χ1n) is 7.28. The number of aromatic nitrogens is 1. The fraction of sp³-hybridized carbons (Fsp3) is 0.294. The molecular weight excluding hydrogens is 278 g/mol. The molecule has 1 amide bonds. The van der Waals surface area contributed by atoms with Gasteiger partial charge in [0, 0.05) is 37.6 Å². The number of rotatable bonds is 6. The fourth-order valence-corrected chi connectivity index (χ4v) is 2.12. The predicted molar refractivity (Wildman–Crippen MR) is 88.0 cm³/mol. The number of para-hydroxylation sites is 1. The van der Waals surface area contributed by atoms with Gasteiger partial charge < -0.3 is 14.8 Å². The highest BCUT2D eigenvalue weighted by Gasteiger charge is 2.11. The number of anilines is 1. The predicted octanol–water partition coefficient (Wildman–Crippen LogP) is 1.49. The summed E-state index contributed by atoms with van der Waals surface area (Å²) in [5.74, 6) is -0.165. The van der Waals surface area contributed by atoms with Gasteiger partial charge in [0.25, 0.3) is 5.56 Å². The molecular formula is C17H21N3O2. The topological polar surface area (TPSA) is 54.3 Å². The van der Waals surface area contributed by atoms with Gasteiger partial charge >= 0.3 is 0 Å². The van der Waals surface area contributed by atoms with Crippen molar-refractivity contribution in [1.29, 1.82) is 0 Å². The molecule has 1 heterocycles. The molecule has 5 heteroatoms. The molecule has 1 unspecified atom stereocenters. The number of hydrogen-bond donors (Lipinski definition) is 1. The lowest BCUT2D eigenvalue weighted by atomic mass is 10.2. The smallest absolute Gasteiger partial charge is 0.250 e. The Kier molecular flexibility index (Phi) is 5.36. The second-order valence-corrected chi connectivity index (χ2v) is 5.27. The first-order valence-corrected chi connectivity index (χ1v) is 7.28. The van der Waals surface area contributed by atoms with Crippen LogP contribution in [0.4, 0.5) is 5.69 Å². The van der Waals surface area contributed by atoms with E-state index in [9.17, 15) is 9.59 Å². The van der Waals surface area contributed by atoms with Crippen molar-refractivity contribution in [3.05, 3.63) is 65.1 Å². The van der Waals surface area contributed by atoms with Crippen molar-refractivity contribution in [1.82, 2.24) is 9.88 Å². The lowest BCUT2D eigenvalue weighted by Crippen LogP contribution is -2.42. The van der Waals surface area contributed by atoms with Crippen molar-refractivity contribution in [2.24, 2.45) is 0 Å². The first-order chi connectivity index (χ1) is 10.6. The van der Waals surface area contributed by atoms with Crippen LogP contribution in [0.15, 0.2) is 59.5 Å². The Hall–Kier alpha value is -2.56. The normalized spacial score (nSPS) is 11.7. The van der Waals surface area contributed by atoms with E-state index in [1.165, 1.54) is 10.6 Å². The van der Waals surface area contributed by atoms with Crippen LogP contribution in [0.2, 0.25) is 0 Å². The maximum atomic E-state index is 11.9. The highest BCUT2D eigenvalue weighted by Crippen LogP contribution is 2.13. The molecule has 0 saturated heterocycles. The van der Waals surface area contributed by atoms with Crippen molar-refractivity contribution >= 4 is 11.6 Å². The standard InChI is InChI=1S/C17H21N3O2/c1-14(19(2)15-8-4-3-5-9-15)12-18-16(21)13-20-11-7-6-10-17(20)22/h3-11,14H,12-13H2,1-2H3,(H,18,21). The number of likely N-dealkylation sites (N-methyl/N-ethyl adjacent to an activating group) is 1. The van der Waals surface area contributed by atoms with Crippen molar-refractivity contribution < 1.29 is 4.79 Å². The van der Waals surface area contributed by atoms with Gasteiger partial charge in [-0.1, -0.05) is 24.3 Å². The van der Waals surface area contributed by atoms with E-state index >= 15 is 0 Å². The fourth-order valence-electron chi connectivity index (χ4n) is 2.12. The van der Waals surface area contributed by atoms with Crippen molar-refractivity contribution in [2.45, 2.75) is 19.5 Å². The zero-order valence-electron chi connectivity index (χ0n) is 12.9. The largest absolute Gasteiger partial charge is 0.370 e. The van der Waals surface area contributed by atoms with Crippen molar-refractivity contribution in [3.63, 3.8) is 0 Å². The van der Waals surface area contributed by atoms with Gasteiger partial charge in [0.1, 0.15) is 6.54 Å². The summed E-state index contributed by atoms with van der Waals surface area (Å²) in [5, 5.41) is 2.87. The van der Waals surface area contributed by atoms with Crippen LogP contribution in [0.25, 0.3) is 0 Å². The van der Waals surface area contributed by atoms with E-state index in [1.807, 2.05) is 44.3 Å². The number of nitrogens with zero attached hydrogens (tertiary/aromatic N) is 2. The third kappa shape index (κ3) is 4.22. The summed E-state index contributed by atoms with van der Waals surface area (Å²) in [7, 11) is 1.99. The Morgan fingerprint density at radius 2 is 1.86 bits per heavy atom. The average molecular weight is 299 g/mol. The lowest BCUT2D eigenvalue weighted by Gasteiger charge is -2.27. The molecule has 0 aliphatic heterocycles. The van der Waals surface area contributed by atoms with E-state index in [2.05, 4.69) is 10.2 Å². The quantitative estimate of drug-likeness (QED) is 0.879. The second kappa shape index (κ2) is 7.45. The minimum atomic E-state index is -0.174. The lowest BCUT2D eigenvalue weighted by molar-refractivity contribution is -0.121. The van der Waals surface area contributed by atoms with Gasteiger partial charge in [0.05, 0.1) is 0 Å². The molecule has 0 saturated carbocycles. The zero-order chi connectivity index (χ0) is 15.9. The van der Waals surface area contributed by atoms with Gasteiger partial charge in [-0.2, -0.15) is 0 Å². The Morgan fingerprint density at radius 3 is 2.55 bits per heavy atom. The molecule has 0 aliphatic carbocycles. The van der Waals surface area contributed by atoms with Gasteiger partial charge in [-0.05, 0) is 25.1 Å². The molecule has 1 atom stereocenters. The van der Waals surface area contributed by atoms with E-state index in [-0.39, 0.29) is 24.1 Å². The van der Waals surface area contributed by atoms with E-state index in [4.69, 9.17) is 0 Å². The highest BCUT2D eigenvalue weighted by atomic mass is 16.2. The van der Waals surface area contributed by atoms with Gasteiger partial charge in [-0.25, -0.2) is 0 Å². The van der Waals surface area contributed by atoms with Crippen LogP contribution in [0.3, 0.4) is 0 Å². The Bertz CT molecular complexity index is 667. The molecule has 1 N–H and O–H groups in total. The number of carbonyl (C=O) groups is 1. The van der Waals surface area contributed by atoms with Crippen molar-refractivity contribution in [3.8, 4) is 0 Å². The summed E-state index contributed by atoms with van der Waals surface area (Å²) < 4.78 is 1.39. The summed E-state index contributed by atoms with van der Waals surface area (Å²) in [4.78, 5) is 25.6. The van der Waals surface area contributed by atoms with Gasteiger partial charge in [-0.3, -0.25) is 9.59 Å². The van der Waals surface area contributed by atoms with Crippen LogP contribution in [0, 0.1) is 0 Å². The van der Waals surface area contributed by atoms with Crippen LogP contribution in [0.1, 0.15) is 6.92 Å². The number of amides is 1. The molecule has 5 nitrogen and oxygen atoms in total. The number of carbonyl (C=O) groups excluding carboxylic acids is 1. The molecule has 0 bridgehead atoms. The van der Waals surface area contributed by atoms with E-state index in [0.29, 0.717) is 6.54 Å². The van der Waals surface area contributed by atoms with Gasteiger partial charge in [0.2, 0.25) is 5.91 Å². The van der Waals surface area contributed by atoms with E-state index in [1.54, 1.807) is 18.3 Å². The summed E-state index contributed by atoms with van der Waals surface area (Å²) in [6, 6.07) is 15.0. The molecule has 0 fully saturated rings. The number of pyridine rings is 1. The Balaban J connectivity index is 1.86. The minimum Gasteiger partial charge on any atom is -0.370 e. The minimum absolute atomic E-state index is 0.0431. The molecule has 0 spiro atoms. The molecule has 0 aliphatic rings. The molecule has 1 aromatic carbocycles. The number of hydrogen-bond acceptors (Lipinski definition) is 3. The van der Waals surface area contributed by atoms with Crippen LogP contribution in [0.5, 0.6) is 0 Å². The number of benzene rings is 1. The average Bonchev–Trinajstić information content (AvgIpc) is 2.55. The second-order valence-electron chi connectivity index (χ2n) is 5.27. The van der Waals surface area contributed by atoms with Crippen LogP contribution < -0.4 is 15.8 Å².